The first-order valence-electron chi connectivity index (χ1n) is 8.05. The highest BCUT2D eigenvalue weighted by atomic mass is 15.4. The summed E-state index contributed by atoms with van der Waals surface area (Å²) in [7, 11) is 0. The van der Waals surface area contributed by atoms with E-state index in [-0.39, 0.29) is 0 Å². The van der Waals surface area contributed by atoms with Gasteiger partial charge in [-0.15, -0.1) is 5.10 Å². The van der Waals surface area contributed by atoms with Crippen molar-refractivity contribution in [1.82, 2.24) is 25.2 Å². The summed E-state index contributed by atoms with van der Waals surface area (Å²) >= 11 is 0. The van der Waals surface area contributed by atoms with Gasteiger partial charge in [0.15, 0.2) is 0 Å². The second-order valence-electron chi connectivity index (χ2n) is 6.72. The molecule has 0 radical (unpaired) electrons. The molecule has 1 aliphatic carbocycles. The molecule has 3 rings (SSSR count). The van der Waals surface area contributed by atoms with Crippen molar-refractivity contribution in [2.24, 2.45) is 11.8 Å². The van der Waals surface area contributed by atoms with Gasteiger partial charge in [-0.05, 0) is 24.7 Å². The van der Waals surface area contributed by atoms with Crippen molar-refractivity contribution in [1.29, 1.82) is 0 Å². The van der Waals surface area contributed by atoms with E-state index in [1.54, 1.807) is 0 Å². The topological polar surface area (TPSA) is 46.0 Å². The Labute approximate surface area is 121 Å². The summed E-state index contributed by atoms with van der Waals surface area (Å²) in [5.41, 5.74) is 1.04. The van der Waals surface area contributed by atoms with Crippen molar-refractivity contribution < 1.29 is 0 Å². The Bertz CT molecular complexity index is 416. The summed E-state index contributed by atoms with van der Waals surface area (Å²) in [6.45, 7) is 9.80. The van der Waals surface area contributed by atoms with Gasteiger partial charge in [0.25, 0.3) is 0 Å². The highest BCUT2D eigenvalue weighted by molar-refractivity contribution is 4.92. The fourth-order valence-corrected chi connectivity index (χ4v) is 3.60. The molecule has 0 amide bonds. The summed E-state index contributed by atoms with van der Waals surface area (Å²) < 4.78 is 1.99. The maximum absolute atomic E-state index is 4.23. The van der Waals surface area contributed by atoms with Crippen LogP contribution in [0.15, 0.2) is 6.20 Å². The molecule has 1 aromatic rings. The minimum Gasteiger partial charge on any atom is -0.309 e. The second-order valence-corrected chi connectivity index (χ2v) is 6.72. The Morgan fingerprint density at radius 3 is 2.70 bits per heavy atom. The highest BCUT2D eigenvalue weighted by Crippen LogP contribution is 2.37. The van der Waals surface area contributed by atoms with E-state index in [4.69, 9.17) is 0 Å². The Morgan fingerprint density at radius 1 is 1.25 bits per heavy atom. The van der Waals surface area contributed by atoms with E-state index >= 15 is 0 Å². The molecule has 5 heteroatoms. The van der Waals surface area contributed by atoms with E-state index in [2.05, 4.69) is 40.6 Å². The van der Waals surface area contributed by atoms with E-state index in [1.807, 2.05) is 4.68 Å². The zero-order chi connectivity index (χ0) is 13.9. The molecule has 1 saturated heterocycles. The van der Waals surface area contributed by atoms with Crippen LogP contribution < -0.4 is 5.32 Å². The quantitative estimate of drug-likeness (QED) is 0.856. The lowest BCUT2D eigenvalue weighted by Crippen LogP contribution is -2.26. The second kappa shape index (κ2) is 6.22. The van der Waals surface area contributed by atoms with Crippen LogP contribution in [0.4, 0.5) is 0 Å². The summed E-state index contributed by atoms with van der Waals surface area (Å²) in [6, 6.07) is 0.490. The third-order valence-electron chi connectivity index (χ3n) is 4.72. The Balaban J connectivity index is 1.42. The molecule has 0 bridgehead atoms. The van der Waals surface area contributed by atoms with Crippen LogP contribution in [0, 0.1) is 11.8 Å². The van der Waals surface area contributed by atoms with Gasteiger partial charge in [0.1, 0.15) is 0 Å². The van der Waals surface area contributed by atoms with Crippen LogP contribution in [0.25, 0.3) is 0 Å². The minimum atomic E-state index is 0.490. The maximum atomic E-state index is 4.23. The van der Waals surface area contributed by atoms with Gasteiger partial charge in [-0.1, -0.05) is 25.5 Å². The van der Waals surface area contributed by atoms with Gasteiger partial charge >= 0.3 is 0 Å². The standard InChI is InChI=1S/C15H27N5/c1-12(2)16-8-15-11-20(18-17-15)7-6-19-9-13-4-3-5-14(13)10-19/h11-14,16H,3-10H2,1-2H3. The third kappa shape index (κ3) is 3.38. The van der Waals surface area contributed by atoms with Crippen LogP contribution in [0.5, 0.6) is 0 Å². The van der Waals surface area contributed by atoms with Gasteiger partial charge < -0.3 is 10.2 Å². The van der Waals surface area contributed by atoms with Crippen LogP contribution in [0.2, 0.25) is 0 Å². The van der Waals surface area contributed by atoms with Crippen molar-refractivity contribution in [2.45, 2.75) is 52.2 Å². The van der Waals surface area contributed by atoms with Crippen molar-refractivity contribution in [2.75, 3.05) is 19.6 Å². The fourth-order valence-electron chi connectivity index (χ4n) is 3.60. The van der Waals surface area contributed by atoms with Crippen LogP contribution in [-0.4, -0.2) is 45.6 Å². The van der Waals surface area contributed by atoms with Gasteiger partial charge in [0, 0.05) is 38.4 Å². The number of aromatic nitrogens is 3. The fraction of sp³-hybridized carbons (Fsp3) is 0.867. The molecule has 20 heavy (non-hydrogen) atoms. The van der Waals surface area contributed by atoms with Crippen LogP contribution >= 0.6 is 0 Å². The molecule has 5 nitrogen and oxygen atoms in total. The molecule has 2 fully saturated rings. The zero-order valence-corrected chi connectivity index (χ0v) is 12.8. The van der Waals surface area contributed by atoms with Crippen molar-refractivity contribution in [3.63, 3.8) is 0 Å². The molecule has 2 aliphatic rings. The molecule has 112 valence electrons. The molecule has 0 aromatic carbocycles. The number of fused-ring (bicyclic) bond motifs is 1. The van der Waals surface area contributed by atoms with Gasteiger partial charge in [0.2, 0.25) is 0 Å². The summed E-state index contributed by atoms with van der Waals surface area (Å²) in [5, 5.41) is 11.8. The maximum Gasteiger partial charge on any atom is 0.0964 e. The number of nitrogens with one attached hydrogen (secondary N) is 1. The molecule has 1 aliphatic heterocycles. The van der Waals surface area contributed by atoms with Gasteiger partial charge in [-0.3, -0.25) is 4.68 Å². The number of nitrogens with zero attached hydrogens (tertiary/aromatic N) is 4. The molecule has 1 saturated carbocycles. The van der Waals surface area contributed by atoms with Gasteiger partial charge in [0.05, 0.1) is 12.2 Å². The molecular weight excluding hydrogens is 250 g/mol. The normalized spacial score (nSPS) is 26.6. The number of hydrogen-bond acceptors (Lipinski definition) is 4. The zero-order valence-electron chi connectivity index (χ0n) is 12.8. The summed E-state index contributed by atoms with van der Waals surface area (Å²) in [5.74, 6) is 1.97. The highest BCUT2D eigenvalue weighted by Gasteiger charge is 2.35. The SMILES string of the molecule is CC(C)NCc1cn(CCN2CC3CCCC3C2)nn1. The van der Waals surface area contributed by atoms with Crippen LogP contribution in [-0.2, 0) is 13.1 Å². The molecule has 2 unspecified atom stereocenters. The number of hydrogen-bond donors (Lipinski definition) is 1. The van der Waals surface area contributed by atoms with E-state index in [0.717, 1.165) is 37.2 Å². The summed E-state index contributed by atoms with van der Waals surface area (Å²) in [4.78, 5) is 2.61. The van der Waals surface area contributed by atoms with Crippen LogP contribution in [0.3, 0.4) is 0 Å². The third-order valence-corrected chi connectivity index (χ3v) is 4.72. The molecule has 2 heterocycles. The number of rotatable bonds is 6. The monoisotopic (exact) mass is 277 g/mol. The first-order valence-corrected chi connectivity index (χ1v) is 8.05. The smallest absolute Gasteiger partial charge is 0.0964 e. The van der Waals surface area contributed by atoms with Crippen molar-refractivity contribution in [3.8, 4) is 0 Å². The average molecular weight is 277 g/mol. The first kappa shape index (κ1) is 14.0. The van der Waals surface area contributed by atoms with E-state index in [1.165, 1.54) is 32.4 Å². The predicted molar refractivity (Wildman–Crippen MR) is 79.3 cm³/mol. The van der Waals surface area contributed by atoms with Crippen molar-refractivity contribution >= 4 is 0 Å². The molecule has 1 aromatic heterocycles. The Morgan fingerprint density at radius 2 is 2.00 bits per heavy atom. The van der Waals surface area contributed by atoms with Gasteiger partial charge in [-0.2, -0.15) is 0 Å². The summed E-state index contributed by atoms with van der Waals surface area (Å²) in [6.07, 6.45) is 6.44. The average Bonchev–Trinajstić information content (AvgIpc) is 3.09. The molecular formula is C15H27N5. The number of likely N-dealkylation sites (tertiary alicyclic amines) is 1. The molecule has 0 spiro atoms. The minimum absolute atomic E-state index is 0.490. The largest absolute Gasteiger partial charge is 0.309 e. The first-order chi connectivity index (χ1) is 9.70. The van der Waals surface area contributed by atoms with E-state index in [0.29, 0.717) is 6.04 Å². The Kier molecular flexibility index (Phi) is 4.36. The van der Waals surface area contributed by atoms with Crippen molar-refractivity contribution in [3.05, 3.63) is 11.9 Å². The lowest BCUT2D eigenvalue weighted by Gasteiger charge is -2.16. The predicted octanol–water partition coefficient (Wildman–Crippen LogP) is 1.51. The lowest BCUT2D eigenvalue weighted by molar-refractivity contribution is 0.291. The lowest BCUT2D eigenvalue weighted by atomic mass is 10.0. The Hall–Kier alpha value is -0.940. The van der Waals surface area contributed by atoms with Crippen LogP contribution in [0.1, 0.15) is 38.8 Å². The van der Waals surface area contributed by atoms with E-state index in [9.17, 15) is 0 Å². The molecule has 2 atom stereocenters. The van der Waals surface area contributed by atoms with Gasteiger partial charge in [-0.25, -0.2) is 0 Å². The molecule has 1 N–H and O–H groups in total. The van der Waals surface area contributed by atoms with E-state index < -0.39 is 0 Å².